The van der Waals surface area contributed by atoms with Gasteiger partial charge in [-0.15, -0.1) is 0 Å². The van der Waals surface area contributed by atoms with Gasteiger partial charge in [-0.05, 0) is 24.3 Å². The van der Waals surface area contributed by atoms with E-state index in [1.807, 2.05) is 0 Å². The summed E-state index contributed by atoms with van der Waals surface area (Å²) >= 11 is 5.78. The Morgan fingerprint density at radius 2 is 2.11 bits per heavy atom. The van der Waals surface area contributed by atoms with Crippen LogP contribution in [0.1, 0.15) is 16.2 Å². The number of benzene rings is 2. The van der Waals surface area contributed by atoms with E-state index >= 15 is 0 Å². The maximum atomic E-state index is 12.2. The second kappa shape index (κ2) is 7.77. The number of ether oxygens (including phenoxy) is 1. The van der Waals surface area contributed by atoms with Crippen LogP contribution in [0.5, 0.6) is 0 Å². The second-order valence-corrected chi connectivity index (χ2v) is 5.97. The fourth-order valence-electron chi connectivity index (χ4n) is 2.44. The van der Waals surface area contributed by atoms with E-state index in [0.29, 0.717) is 11.0 Å². The van der Waals surface area contributed by atoms with Gasteiger partial charge < -0.3 is 14.8 Å². The molecule has 0 radical (unpaired) electrons. The quantitative estimate of drug-likeness (QED) is 0.219. The number of nitrogens with one attached hydrogen (secondary N) is 1. The molecule has 0 aliphatic heterocycles. The van der Waals surface area contributed by atoms with Crippen LogP contribution in [0.3, 0.4) is 0 Å². The summed E-state index contributed by atoms with van der Waals surface area (Å²) in [6, 6.07) is 12.2. The van der Waals surface area contributed by atoms with Crippen molar-refractivity contribution in [1.29, 1.82) is 5.26 Å². The number of nitro groups is 1. The Bertz CT molecular complexity index is 1130. The summed E-state index contributed by atoms with van der Waals surface area (Å²) in [5.41, 5.74) is 0.169. The zero-order chi connectivity index (χ0) is 20.3. The summed E-state index contributed by atoms with van der Waals surface area (Å²) in [5, 5.41) is 30.7. The fraction of sp³-hybridized carbons (Fsp3) is 0.0556. The van der Waals surface area contributed by atoms with Gasteiger partial charge >= 0.3 is 5.97 Å². The lowest BCUT2D eigenvalue weighted by molar-refractivity contribution is -0.385. The van der Waals surface area contributed by atoms with Gasteiger partial charge in [-0.1, -0.05) is 23.7 Å². The van der Waals surface area contributed by atoms with Crippen LogP contribution in [0.25, 0.3) is 16.6 Å². The number of imidazole rings is 1. The Balaban J connectivity index is 1.84. The van der Waals surface area contributed by atoms with Gasteiger partial charge in [-0.3, -0.25) is 10.1 Å². The third kappa shape index (κ3) is 3.77. The van der Waals surface area contributed by atoms with Crippen LogP contribution in [0.4, 0.5) is 5.69 Å². The number of para-hydroxylation sites is 2. The summed E-state index contributed by atoms with van der Waals surface area (Å²) in [6.07, 6.45) is 0. The van der Waals surface area contributed by atoms with Crippen LogP contribution in [0.2, 0.25) is 5.02 Å². The summed E-state index contributed by atoms with van der Waals surface area (Å²) < 4.78 is 4.91. The van der Waals surface area contributed by atoms with E-state index in [0.717, 1.165) is 12.1 Å². The van der Waals surface area contributed by atoms with E-state index < -0.39 is 28.9 Å². The van der Waals surface area contributed by atoms with Crippen molar-refractivity contribution in [3.8, 4) is 6.07 Å². The van der Waals surface area contributed by atoms with E-state index in [2.05, 4.69) is 9.97 Å². The van der Waals surface area contributed by atoms with Gasteiger partial charge in [0.25, 0.3) is 5.69 Å². The number of halogens is 1. The molecule has 0 bridgehead atoms. The Morgan fingerprint density at radius 3 is 2.79 bits per heavy atom. The van der Waals surface area contributed by atoms with E-state index in [1.54, 1.807) is 30.3 Å². The first-order valence-electron chi connectivity index (χ1n) is 7.79. The molecule has 0 fully saturated rings. The molecule has 0 aliphatic rings. The van der Waals surface area contributed by atoms with E-state index in [1.165, 1.54) is 6.07 Å². The normalized spacial score (nSPS) is 11.6. The zero-order valence-electron chi connectivity index (χ0n) is 14.0. The summed E-state index contributed by atoms with van der Waals surface area (Å²) in [5.74, 6) is -1.52. The first kappa shape index (κ1) is 18.9. The third-order valence-corrected chi connectivity index (χ3v) is 3.98. The van der Waals surface area contributed by atoms with Gasteiger partial charge in [0.2, 0.25) is 0 Å². The number of carbonyl (C=O) groups excluding carboxylic acids is 1. The van der Waals surface area contributed by atoms with Crippen LogP contribution in [-0.2, 0) is 4.74 Å². The Hall–Kier alpha value is -3.90. The molecule has 28 heavy (non-hydrogen) atoms. The molecule has 0 unspecified atom stereocenters. The molecule has 0 atom stereocenters. The lowest BCUT2D eigenvalue weighted by atomic mass is 10.2. The number of rotatable bonds is 5. The van der Waals surface area contributed by atoms with Gasteiger partial charge in [0.1, 0.15) is 23.8 Å². The highest BCUT2D eigenvalue weighted by atomic mass is 35.5. The highest BCUT2D eigenvalue weighted by Gasteiger charge is 2.23. The van der Waals surface area contributed by atoms with Gasteiger partial charge in [0.15, 0.2) is 11.6 Å². The lowest BCUT2D eigenvalue weighted by Gasteiger charge is -2.06. The number of esters is 1. The van der Waals surface area contributed by atoms with E-state index in [9.17, 15) is 25.3 Å². The molecule has 10 heteroatoms. The summed E-state index contributed by atoms with van der Waals surface area (Å²) in [4.78, 5) is 29.6. The molecule has 140 valence electrons. The molecule has 2 N–H and O–H groups in total. The molecule has 0 amide bonds. The number of nitriles is 1. The van der Waals surface area contributed by atoms with Crippen LogP contribution in [0.15, 0.2) is 48.2 Å². The van der Waals surface area contributed by atoms with Crippen LogP contribution in [-0.4, -0.2) is 32.6 Å². The van der Waals surface area contributed by atoms with Crippen molar-refractivity contribution in [2.45, 2.75) is 0 Å². The molecule has 3 aromatic rings. The van der Waals surface area contributed by atoms with Crippen molar-refractivity contribution in [2.24, 2.45) is 0 Å². The lowest BCUT2D eigenvalue weighted by Crippen LogP contribution is -2.11. The number of aromatic amines is 1. The largest absolute Gasteiger partial charge is 0.507 e. The topological polar surface area (TPSA) is 142 Å². The maximum absolute atomic E-state index is 12.2. The van der Waals surface area contributed by atoms with Crippen LogP contribution >= 0.6 is 11.6 Å². The number of nitrogens with zero attached hydrogens (tertiary/aromatic N) is 3. The van der Waals surface area contributed by atoms with Crippen LogP contribution in [0, 0.1) is 21.4 Å². The van der Waals surface area contributed by atoms with E-state index in [4.69, 9.17) is 16.3 Å². The predicted molar refractivity (Wildman–Crippen MR) is 99.6 cm³/mol. The second-order valence-electron chi connectivity index (χ2n) is 5.53. The third-order valence-electron chi connectivity index (χ3n) is 3.74. The van der Waals surface area contributed by atoms with Gasteiger partial charge in [0.05, 0.1) is 16.0 Å². The van der Waals surface area contributed by atoms with Gasteiger partial charge in [-0.2, -0.15) is 5.26 Å². The van der Waals surface area contributed by atoms with Crippen molar-refractivity contribution >= 4 is 39.9 Å². The predicted octanol–water partition coefficient (Wildman–Crippen LogP) is 3.77. The number of nitro benzene ring substituents is 1. The monoisotopic (exact) mass is 398 g/mol. The number of allylic oxidation sites excluding steroid dienone is 1. The minimum Gasteiger partial charge on any atom is -0.507 e. The number of aliphatic hydroxyl groups is 1. The molecule has 2 aromatic carbocycles. The molecule has 0 spiro atoms. The molecule has 0 saturated carbocycles. The average Bonchev–Trinajstić information content (AvgIpc) is 3.09. The molecule has 1 heterocycles. The highest BCUT2D eigenvalue weighted by Crippen LogP contribution is 2.24. The molecule has 1 aromatic heterocycles. The number of hydrogen-bond acceptors (Lipinski definition) is 7. The minimum atomic E-state index is -1.07. The summed E-state index contributed by atoms with van der Waals surface area (Å²) in [7, 11) is 0. The SMILES string of the molecule is N#C/C(=C(/O)COC(=O)c1cc(Cl)ccc1[N+](=O)[O-])c1nc2ccccc2[nH]1. The number of fused-ring (bicyclic) bond motifs is 1. The van der Waals surface area contributed by atoms with Crippen molar-refractivity contribution in [3.05, 3.63) is 74.7 Å². The number of hydrogen-bond donors (Lipinski definition) is 2. The van der Waals surface area contributed by atoms with Crippen molar-refractivity contribution < 1.29 is 19.6 Å². The van der Waals surface area contributed by atoms with Crippen LogP contribution < -0.4 is 0 Å². The van der Waals surface area contributed by atoms with Gasteiger partial charge in [-0.25, -0.2) is 9.78 Å². The Morgan fingerprint density at radius 1 is 1.36 bits per heavy atom. The number of aromatic nitrogens is 2. The van der Waals surface area contributed by atoms with E-state index in [-0.39, 0.29) is 22.0 Å². The Kier molecular flexibility index (Phi) is 5.24. The maximum Gasteiger partial charge on any atom is 0.345 e. The first-order chi connectivity index (χ1) is 13.4. The zero-order valence-corrected chi connectivity index (χ0v) is 14.8. The fourth-order valence-corrected chi connectivity index (χ4v) is 2.61. The molecular weight excluding hydrogens is 388 g/mol. The standard InChI is InChI=1S/C18H11ClN4O5/c19-10-5-6-15(23(26)27)11(7-10)18(25)28-9-16(24)12(8-20)17-21-13-3-1-2-4-14(13)22-17/h1-7,24H,9H2,(H,21,22)/b16-12-. The van der Waals surface area contributed by atoms with Crippen molar-refractivity contribution in [3.63, 3.8) is 0 Å². The minimum absolute atomic E-state index is 0.103. The molecule has 9 nitrogen and oxygen atoms in total. The molecule has 0 saturated heterocycles. The molecule has 0 aliphatic carbocycles. The first-order valence-corrected chi connectivity index (χ1v) is 8.17. The number of carbonyl (C=O) groups is 1. The summed E-state index contributed by atoms with van der Waals surface area (Å²) in [6.45, 7) is -0.678. The number of H-pyrrole nitrogens is 1. The molecule has 3 rings (SSSR count). The van der Waals surface area contributed by atoms with Crippen molar-refractivity contribution in [2.75, 3.05) is 6.61 Å². The average molecular weight is 399 g/mol. The highest BCUT2D eigenvalue weighted by molar-refractivity contribution is 6.31. The molecular formula is C18H11ClN4O5. The smallest absolute Gasteiger partial charge is 0.345 e. The Labute approximate surface area is 162 Å². The number of aliphatic hydroxyl groups excluding tert-OH is 1. The van der Waals surface area contributed by atoms with Crippen molar-refractivity contribution in [1.82, 2.24) is 9.97 Å². The van der Waals surface area contributed by atoms with Gasteiger partial charge in [0, 0.05) is 11.1 Å².